The third-order valence-electron chi connectivity index (χ3n) is 5.84. The summed E-state index contributed by atoms with van der Waals surface area (Å²) in [6.45, 7) is 0.914. The summed E-state index contributed by atoms with van der Waals surface area (Å²) < 4.78 is 11.9. The number of nitrogens with two attached hydrogens (primary N) is 1. The number of hydrogen-bond donors (Lipinski definition) is 2. The molecule has 0 aromatic carbocycles. The van der Waals surface area contributed by atoms with Crippen molar-refractivity contribution in [1.29, 1.82) is 0 Å². The summed E-state index contributed by atoms with van der Waals surface area (Å²) in [6.07, 6.45) is 5.32. The van der Waals surface area contributed by atoms with Gasteiger partial charge in [-0.25, -0.2) is 19.8 Å². The lowest BCUT2D eigenvalue weighted by molar-refractivity contribution is 0.0945. The van der Waals surface area contributed by atoms with Crippen molar-refractivity contribution in [3.8, 4) is 0 Å². The number of amides is 1. The molecule has 1 fully saturated rings. The summed E-state index contributed by atoms with van der Waals surface area (Å²) in [5.41, 5.74) is 1.29. The summed E-state index contributed by atoms with van der Waals surface area (Å²) in [5.74, 6) is 7.46. The highest BCUT2D eigenvalue weighted by molar-refractivity contribution is 6.14. The second-order valence-electron chi connectivity index (χ2n) is 8.16. The van der Waals surface area contributed by atoms with Crippen LogP contribution in [0.3, 0.4) is 0 Å². The van der Waals surface area contributed by atoms with Crippen LogP contribution in [0.2, 0.25) is 0 Å². The van der Waals surface area contributed by atoms with Gasteiger partial charge in [-0.3, -0.25) is 24.0 Å². The number of imidazole rings is 1. The van der Waals surface area contributed by atoms with E-state index in [1.807, 2.05) is 0 Å². The first-order valence-electron chi connectivity index (χ1n) is 10.6. The molecule has 13 nitrogen and oxygen atoms in total. The Bertz CT molecular complexity index is 1450. The summed E-state index contributed by atoms with van der Waals surface area (Å²) in [4.78, 5) is 34.4. The van der Waals surface area contributed by atoms with Crippen molar-refractivity contribution in [2.24, 2.45) is 17.9 Å². The van der Waals surface area contributed by atoms with Gasteiger partial charge >= 0.3 is 5.69 Å². The highest BCUT2D eigenvalue weighted by Crippen LogP contribution is 2.27. The smallest absolute Gasteiger partial charge is 0.345 e. The zero-order valence-electron chi connectivity index (χ0n) is 17.9. The molecular formula is C20H22N10O3. The average Bonchev–Trinajstić information content (AvgIpc) is 3.22. The molecule has 1 aliphatic carbocycles. The van der Waals surface area contributed by atoms with Crippen LogP contribution in [0.4, 0.5) is 5.82 Å². The third kappa shape index (κ3) is 3.16. The Labute approximate surface area is 186 Å². The van der Waals surface area contributed by atoms with Gasteiger partial charge in [0.25, 0.3) is 5.91 Å². The van der Waals surface area contributed by atoms with Crippen molar-refractivity contribution in [1.82, 2.24) is 33.8 Å². The Hall–Kier alpha value is -4.13. The van der Waals surface area contributed by atoms with Gasteiger partial charge in [0, 0.05) is 19.3 Å². The van der Waals surface area contributed by atoms with Gasteiger partial charge in [-0.15, -0.1) is 0 Å². The Morgan fingerprint density at radius 2 is 2.15 bits per heavy atom. The zero-order valence-corrected chi connectivity index (χ0v) is 17.9. The van der Waals surface area contributed by atoms with Crippen molar-refractivity contribution in [2.75, 3.05) is 11.7 Å². The van der Waals surface area contributed by atoms with E-state index in [1.165, 1.54) is 9.69 Å². The number of hydrazine groups is 1. The first kappa shape index (κ1) is 19.5. The maximum Gasteiger partial charge on any atom is 0.345 e. The number of hydrogen-bond acceptors (Lipinski definition) is 8. The Morgan fingerprint density at radius 1 is 1.30 bits per heavy atom. The van der Waals surface area contributed by atoms with E-state index in [4.69, 9.17) is 10.3 Å². The third-order valence-corrected chi connectivity index (χ3v) is 5.84. The number of carbonyl (C=O) groups excluding carboxylic acids is 1. The second kappa shape index (κ2) is 7.20. The average molecular weight is 450 g/mol. The fourth-order valence-corrected chi connectivity index (χ4v) is 3.99. The van der Waals surface area contributed by atoms with Crippen molar-refractivity contribution in [2.45, 2.75) is 32.0 Å². The molecule has 1 saturated carbocycles. The maximum atomic E-state index is 13.0. The number of rotatable bonds is 6. The molecule has 5 heterocycles. The number of anilines is 1. The first-order valence-corrected chi connectivity index (χ1v) is 10.6. The topological polar surface area (TPSA) is 146 Å². The zero-order chi connectivity index (χ0) is 22.7. The van der Waals surface area contributed by atoms with Crippen molar-refractivity contribution < 1.29 is 9.21 Å². The number of carbonyl (C=O) groups is 1. The highest BCUT2D eigenvalue weighted by atomic mass is 16.3. The number of aryl methyl sites for hydroxylation is 3. The van der Waals surface area contributed by atoms with Gasteiger partial charge in [-0.05, 0) is 31.0 Å². The number of aliphatic imine (C=N–C) groups is 1. The number of nitrogens with zero attached hydrogens (tertiary/aromatic N) is 8. The Balaban J connectivity index is 1.33. The lowest BCUT2D eigenvalue weighted by Gasteiger charge is -2.20. The predicted octanol–water partition coefficient (Wildman–Crippen LogP) is -0.295. The highest BCUT2D eigenvalue weighted by Gasteiger charge is 2.31. The molecule has 3 N–H and O–H groups in total. The van der Waals surface area contributed by atoms with E-state index in [-0.39, 0.29) is 24.3 Å². The molecule has 1 amide bonds. The van der Waals surface area contributed by atoms with E-state index in [2.05, 4.69) is 20.4 Å². The minimum atomic E-state index is -0.243. The molecular weight excluding hydrogens is 428 g/mol. The predicted molar refractivity (Wildman–Crippen MR) is 117 cm³/mol. The molecule has 0 spiro atoms. The van der Waals surface area contributed by atoms with E-state index in [0.717, 1.165) is 12.8 Å². The molecule has 6 rings (SSSR count). The summed E-state index contributed by atoms with van der Waals surface area (Å²) in [7, 11) is 1.66. The molecule has 0 atom stereocenters. The van der Waals surface area contributed by atoms with Crippen molar-refractivity contribution in [3.05, 3.63) is 58.3 Å². The van der Waals surface area contributed by atoms with E-state index in [0.29, 0.717) is 47.5 Å². The largest absolute Gasteiger partial charge is 0.463 e. The maximum absolute atomic E-state index is 13.0. The molecule has 4 aromatic rings. The number of aromatic nitrogens is 6. The van der Waals surface area contributed by atoms with E-state index in [9.17, 15) is 9.59 Å². The van der Waals surface area contributed by atoms with Crippen LogP contribution >= 0.6 is 0 Å². The molecule has 13 heteroatoms. The molecule has 0 saturated heterocycles. The van der Waals surface area contributed by atoms with Crippen LogP contribution in [-0.2, 0) is 20.1 Å². The molecule has 0 unspecified atom stereocenters. The lowest BCUT2D eigenvalue weighted by Crippen LogP contribution is -2.37. The Morgan fingerprint density at radius 3 is 2.91 bits per heavy atom. The molecule has 2 aliphatic rings. The Kier molecular flexibility index (Phi) is 4.26. The van der Waals surface area contributed by atoms with Crippen LogP contribution in [0.5, 0.6) is 0 Å². The van der Waals surface area contributed by atoms with Crippen molar-refractivity contribution in [3.63, 3.8) is 0 Å². The molecule has 4 aromatic heterocycles. The SMILES string of the molecule is Cn1c(=O)n(CCn2ccc(C(=O)NC3CC3)n2)c2nc3c(n21)C(c1ccco1)=NCN3N. The number of nitrogens with one attached hydrogen (secondary N) is 1. The van der Waals surface area contributed by atoms with Crippen molar-refractivity contribution >= 4 is 23.2 Å². The lowest BCUT2D eigenvalue weighted by atomic mass is 10.2. The number of furan rings is 1. The molecule has 0 bridgehead atoms. The number of fused-ring (bicyclic) bond motifs is 3. The van der Waals surface area contributed by atoms with Gasteiger partial charge in [-0.2, -0.15) is 10.1 Å². The minimum absolute atomic E-state index is 0.177. The van der Waals surface area contributed by atoms with Gasteiger partial charge in [0.1, 0.15) is 23.8 Å². The second-order valence-corrected chi connectivity index (χ2v) is 8.16. The molecule has 1 aliphatic heterocycles. The van der Waals surface area contributed by atoms with Gasteiger partial charge in [0.15, 0.2) is 11.6 Å². The van der Waals surface area contributed by atoms with E-state index < -0.39 is 0 Å². The minimum Gasteiger partial charge on any atom is -0.463 e. The van der Waals surface area contributed by atoms with Crippen LogP contribution < -0.4 is 21.9 Å². The summed E-state index contributed by atoms with van der Waals surface area (Å²) in [5, 5.41) is 8.69. The molecule has 170 valence electrons. The molecule has 0 radical (unpaired) electrons. The molecule has 33 heavy (non-hydrogen) atoms. The van der Waals surface area contributed by atoms with E-state index >= 15 is 0 Å². The summed E-state index contributed by atoms with van der Waals surface area (Å²) in [6, 6.07) is 5.52. The normalized spacial score (nSPS) is 15.7. The van der Waals surface area contributed by atoms with Gasteiger partial charge in [-0.1, -0.05) is 0 Å². The van der Waals surface area contributed by atoms with Gasteiger partial charge in [0.05, 0.1) is 19.4 Å². The van der Waals surface area contributed by atoms with Crippen LogP contribution in [-0.4, -0.2) is 52.9 Å². The monoisotopic (exact) mass is 450 g/mol. The fourth-order valence-electron chi connectivity index (χ4n) is 3.99. The van der Waals surface area contributed by atoms with Gasteiger partial charge in [0.2, 0.25) is 5.78 Å². The van der Waals surface area contributed by atoms with Crippen LogP contribution in [0.15, 0.2) is 44.9 Å². The first-order chi connectivity index (χ1) is 16.0. The van der Waals surface area contributed by atoms with Crippen LogP contribution in [0, 0.1) is 0 Å². The quantitative estimate of drug-likeness (QED) is 0.384. The van der Waals surface area contributed by atoms with Crippen LogP contribution in [0.1, 0.15) is 34.8 Å². The summed E-state index contributed by atoms with van der Waals surface area (Å²) >= 11 is 0. The van der Waals surface area contributed by atoms with Gasteiger partial charge < -0.3 is 9.73 Å². The van der Waals surface area contributed by atoms with E-state index in [1.54, 1.807) is 51.5 Å². The standard InChI is InChI=1S/C20H22N10O3/c1-26-20(32)28(9-8-27-7-6-13(25-27)18(31)23-12-4-5-12)19-24-17-16(30(19)26)15(22-11-29(17)21)14-3-2-10-33-14/h2-3,6-7,10,12H,4-5,8-9,11,21H2,1H3,(H,23,31). The van der Waals surface area contributed by atoms with Crippen LogP contribution in [0.25, 0.3) is 5.78 Å². The fraction of sp³-hybridized carbons (Fsp3) is 0.350.